The molecule has 0 aliphatic rings. The molecule has 1 amide bonds. The van der Waals surface area contributed by atoms with Crippen LogP contribution in [0, 0.1) is 0 Å². The van der Waals surface area contributed by atoms with Gasteiger partial charge in [-0.05, 0) is 37.3 Å². The third kappa shape index (κ3) is 5.55. The molecule has 0 heterocycles. The van der Waals surface area contributed by atoms with Crippen molar-refractivity contribution in [2.45, 2.75) is 19.6 Å². The van der Waals surface area contributed by atoms with Crippen molar-refractivity contribution in [3.8, 4) is 11.5 Å². The molecule has 0 fully saturated rings. The number of carbonyl (C=O) groups is 2. The lowest BCUT2D eigenvalue weighted by atomic mass is 10.2. The summed E-state index contributed by atoms with van der Waals surface area (Å²) in [6, 6.07) is 9.94. The van der Waals surface area contributed by atoms with Gasteiger partial charge in [-0.15, -0.1) is 0 Å². The van der Waals surface area contributed by atoms with E-state index in [0.29, 0.717) is 11.4 Å². The van der Waals surface area contributed by atoms with Crippen molar-refractivity contribution in [2.75, 3.05) is 12.4 Å². The normalized spacial score (nSPS) is 11.6. The largest absolute Gasteiger partial charge is 0.495 e. The monoisotopic (exact) mass is 399 g/mol. The Hall–Kier alpha value is -2.87. The van der Waals surface area contributed by atoms with Crippen molar-refractivity contribution in [1.82, 2.24) is 0 Å². The summed E-state index contributed by atoms with van der Waals surface area (Å²) in [5.74, 6) is -1.50. The molecule has 0 spiro atoms. The van der Waals surface area contributed by atoms with Crippen LogP contribution in [-0.2, 0) is 9.53 Å². The number of hydrogen-bond donors (Lipinski definition) is 1. The number of esters is 1. The van der Waals surface area contributed by atoms with Gasteiger partial charge in [-0.2, -0.15) is 8.78 Å². The second-order valence-corrected chi connectivity index (χ2v) is 5.67. The highest BCUT2D eigenvalue weighted by molar-refractivity contribution is 6.32. The van der Waals surface area contributed by atoms with Crippen LogP contribution in [0.2, 0.25) is 5.02 Å². The molecule has 2 rings (SSSR count). The minimum absolute atomic E-state index is 0.218. The second-order valence-electron chi connectivity index (χ2n) is 5.26. The summed E-state index contributed by atoms with van der Waals surface area (Å²) in [6.45, 7) is -1.76. The smallest absolute Gasteiger partial charge is 0.387 e. The summed E-state index contributed by atoms with van der Waals surface area (Å²) in [6.07, 6.45) is -1.20. The highest BCUT2D eigenvalue weighted by atomic mass is 35.5. The number of alkyl halides is 2. The topological polar surface area (TPSA) is 73.9 Å². The molecule has 27 heavy (non-hydrogen) atoms. The van der Waals surface area contributed by atoms with Gasteiger partial charge in [0, 0.05) is 5.69 Å². The minimum atomic E-state index is -3.10. The quantitative estimate of drug-likeness (QED) is 0.708. The Morgan fingerprint density at radius 3 is 2.44 bits per heavy atom. The molecule has 0 saturated carbocycles. The maximum Gasteiger partial charge on any atom is 0.387 e. The highest BCUT2D eigenvalue weighted by Gasteiger charge is 2.22. The first kappa shape index (κ1) is 20.4. The molecule has 0 saturated heterocycles. The molecular weight excluding hydrogens is 384 g/mol. The van der Waals surface area contributed by atoms with Crippen LogP contribution in [0.5, 0.6) is 11.5 Å². The van der Waals surface area contributed by atoms with Gasteiger partial charge in [0.05, 0.1) is 12.1 Å². The van der Waals surface area contributed by atoms with Gasteiger partial charge in [0.25, 0.3) is 5.91 Å². The Labute approximate surface area is 159 Å². The van der Waals surface area contributed by atoms with E-state index in [0.717, 1.165) is 0 Å². The van der Waals surface area contributed by atoms with E-state index in [1.807, 2.05) is 0 Å². The van der Waals surface area contributed by atoms with Crippen LogP contribution in [-0.4, -0.2) is 31.7 Å². The molecular formula is C18H16ClF2NO5. The number of benzene rings is 2. The minimum Gasteiger partial charge on any atom is -0.495 e. The van der Waals surface area contributed by atoms with Crippen molar-refractivity contribution in [3.05, 3.63) is 53.1 Å². The van der Waals surface area contributed by atoms with E-state index >= 15 is 0 Å². The molecule has 0 aliphatic carbocycles. The predicted molar refractivity (Wildman–Crippen MR) is 94.6 cm³/mol. The van der Waals surface area contributed by atoms with Gasteiger partial charge in [0.15, 0.2) is 6.10 Å². The molecule has 0 aromatic heterocycles. The van der Waals surface area contributed by atoms with Gasteiger partial charge >= 0.3 is 12.6 Å². The molecule has 0 aliphatic heterocycles. The summed E-state index contributed by atoms with van der Waals surface area (Å²) >= 11 is 5.98. The van der Waals surface area contributed by atoms with E-state index in [2.05, 4.69) is 10.1 Å². The molecule has 1 N–H and O–H groups in total. The highest BCUT2D eigenvalue weighted by Crippen LogP contribution is 2.27. The number of rotatable bonds is 7. The van der Waals surface area contributed by atoms with Gasteiger partial charge in [-0.25, -0.2) is 4.79 Å². The van der Waals surface area contributed by atoms with Gasteiger partial charge in [0.2, 0.25) is 0 Å². The van der Waals surface area contributed by atoms with E-state index in [4.69, 9.17) is 21.1 Å². The number of anilines is 1. The van der Waals surface area contributed by atoms with E-state index in [-0.39, 0.29) is 16.3 Å². The maximum absolute atomic E-state index is 12.4. The number of para-hydroxylation sites is 1. The number of nitrogens with one attached hydrogen (secondary N) is 1. The number of carbonyl (C=O) groups excluding carboxylic acids is 2. The third-order valence-electron chi connectivity index (χ3n) is 3.40. The number of ether oxygens (including phenoxy) is 3. The average Bonchev–Trinajstić information content (AvgIpc) is 2.61. The van der Waals surface area contributed by atoms with Crippen molar-refractivity contribution < 1.29 is 32.6 Å². The molecule has 0 radical (unpaired) electrons. The molecule has 6 nitrogen and oxygen atoms in total. The summed E-state index contributed by atoms with van der Waals surface area (Å²) in [4.78, 5) is 24.4. The summed E-state index contributed by atoms with van der Waals surface area (Å²) in [5, 5.41) is 2.82. The van der Waals surface area contributed by atoms with E-state index in [9.17, 15) is 18.4 Å². The first-order valence-corrected chi connectivity index (χ1v) is 8.09. The van der Waals surface area contributed by atoms with Crippen LogP contribution >= 0.6 is 11.6 Å². The van der Waals surface area contributed by atoms with E-state index in [1.165, 1.54) is 44.4 Å². The van der Waals surface area contributed by atoms with Gasteiger partial charge < -0.3 is 19.5 Å². The van der Waals surface area contributed by atoms with Crippen molar-refractivity contribution in [1.29, 1.82) is 0 Å². The van der Waals surface area contributed by atoms with Gasteiger partial charge in [-0.1, -0.05) is 23.7 Å². The zero-order chi connectivity index (χ0) is 20.0. The lowest BCUT2D eigenvalue weighted by Gasteiger charge is -2.15. The number of amides is 1. The third-order valence-corrected chi connectivity index (χ3v) is 3.69. The van der Waals surface area contributed by atoms with Crippen molar-refractivity contribution in [2.24, 2.45) is 0 Å². The van der Waals surface area contributed by atoms with E-state index in [1.54, 1.807) is 12.1 Å². The molecule has 0 unspecified atom stereocenters. The van der Waals surface area contributed by atoms with Gasteiger partial charge in [0.1, 0.15) is 17.1 Å². The second kappa shape index (κ2) is 9.18. The predicted octanol–water partition coefficient (Wildman–Crippen LogP) is 4.13. The molecule has 2 aromatic rings. The number of halogens is 3. The SMILES string of the molecule is COc1ccc(NC(=O)[C@@H](C)OC(=O)c2ccccc2OC(F)F)cc1Cl. The van der Waals surface area contributed by atoms with Crippen LogP contribution < -0.4 is 14.8 Å². The van der Waals surface area contributed by atoms with Gasteiger partial charge in [-0.3, -0.25) is 4.79 Å². The standard InChI is InChI=1S/C18H16ClF2NO5/c1-10(16(23)22-11-7-8-15(25-2)13(19)9-11)26-17(24)12-5-3-4-6-14(12)27-18(20)21/h3-10,18H,1-2H3,(H,22,23)/t10-/m1/s1. The Morgan fingerprint density at radius 2 is 1.81 bits per heavy atom. The fourth-order valence-corrected chi connectivity index (χ4v) is 2.36. The Balaban J connectivity index is 2.04. The Kier molecular flexibility index (Phi) is 6.95. The van der Waals surface area contributed by atoms with Crippen molar-refractivity contribution >= 4 is 29.2 Å². The van der Waals surface area contributed by atoms with Crippen LogP contribution in [0.3, 0.4) is 0 Å². The fourth-order valence-electron chi connectivity index (χ4n) is 2.10. The van der Waals surface area contributed by atoms with Crippen LogP contribution in [0.4, 0.5) is 14.5 Å². The molecule has 0 bridgehead atoms. The lowest BCUT2D eigenvalue weighted by Crippen LogP contribution is -2.30. The molecule has 1 atom stereocenters. The zero-order valence-corrected chi connectivity index (χ0v) is 15.1. The Bertz CT molecular complexity index is 831. The average molecular weight is 400 g/mol. The summed E-state index contributed by atoms with van der Waals surface area (Å²) < 4.78 is 39.2. The number of hydrogen-bond acceptors (Lipinski definition) is 5. The zero-order valence-electron chi connectivity index (χ0n) is 14.4. The first-order valence-electron chi connectivity index (χ1n) is 7.71. The van der Waals surface area contributed by atoms with Crippen LogP contribution in [0.1, 0.15) is 17.3 Å². The molecule has 144 valence electrons. The fraction of sp³-hybridized carbons (Fsp3) is 0.222. The molecule has 2 aromatic carbocycles. The van der Waals surface area contributed by atoms with E-state index < -0.39 is 24.6 Å². The number of methoxy groups -OCH3 is 1. The lowest BCUT2D eigenvalue weighted by molar-refractivity contribution is -0.123. The maximum atomic E-state index is 12.4. The molecule has 9 heteroatoms. The van der Waals surface area contributed by atoms with Crippen LogP contribution in [0.15, 0.2) is 42.5 Å². The first-order chi connectivity index (χ1) is 12.8. The van der Waals surface area contributed by atoms with Crippen molar-refractivity contribution in [3.63, 3.8) is 0 Å². The summed E-state index contributed by atoms with van der Waals surface area (Å²) in [7, 11) is 1.45. The summed E-state index contributed by atoms with van der Waals surface area (Å²) in [5.41, 5.74) is 0.153. The van der Waals surface area contributed by atoms with Crippen LogP contribution in [0.25, 0.3) is 0 Å². The Morgan fingerprint density at radius 1 is 1.11 bits per heavy atom.